The lowest BCUT2D eigenvalue weighted by Crippen LogP contribution is -2.28. The molecule has 96 valence electrons. The molecule has 0 unspecified atom stereocenters. The quantitative estimate of drug-likeness (QED) is 0.810. The van der Waals surface area contributed by atoms with Crippen LogP contribution in [-0.2, 0) is 12.8 Å². The number of aromatic nitrogens is 2. The highest BCUT2D eigenvalue weighted by molar-refractivity contribution is 5.14. The summed E-state index contributed by atoms with van der Waals surface area (Å²) in [4.78, 5) is 2.49. The molecule has 0 fully saturated rings. The second-order valence-corrected chi connectivity index (χ2v) is 4.53. The van der Waals surface area contributed by atoms with Crippen LogP contribution in [0.5, 0.6) is 0 Å². The number of nitrogens with one attached hydrogen (secondary N) is 1. The van der Waals surface area contributed by atoms with Crippen LogP contribution >= 0.6 is 0 Å². The Morgan fingerprint density at radius 3 is 2.39 bits per heavy atom. The summed E-state index contributed by atoms with van der Waals surface area (Å²) in [5.74, 6) is 0. The lowest BCUT2D eigenvalue weighted by atomic mass is 10.1. The molecular formula is C15H21N3. The van der Waals surface area contributed by atoms with Gasteiger partial charge in [0.15, 0.2) is 0 Å². The first-order valence-corrected chi connectivity index (χ1v) is 6.62. The van der Waals surface area contributed by atoms with E-state index in [2.05, 4.69) is 52.4 Å². The van der Waals surface area contributed by atoms with E-state index in [9.17, 15) is 0 Å². The van der Waals surface area contributed by atoms with Gasteiger partial charge in [0.25, 0.3) is 0 Å². The molecule has 1 aromatic carbocycles. The number of hydrogen-bond donors (Lipinski definition) is 1. The maximum absolute atomic E-state index is 3.98. The summed E-state index contributed by atoms with van der Waals surface area (Å²) < 4.78 is 0. The van der Waals surface area contributed by atoms with E-state index in [4.69, 9.17) is 0 Å². The van der Waals surface area contributed by atoms with E-state index in [-0.39, 0.29) is 0 Å². The first-order valence-electron chi connectivity index (χ1n) is 6.62. The zero-order valence-corrected chi connectivity index (χ0v) is 11.0. The fourth-order valence-electron chi connectivity index (χ4n) is 2.06. The molecule has 2 aromatic rings. The van der Waals surface area contributed by atoms with E-state index in [1.165, 1.54) is 11.1 Å². The number of H-pyrrole nitrogens is 1. The Balaban J connectivity index is 1.75. The van der Waals surface area contributed by atoms with Crippen LogP contribution in [0, 0.1) is 0 Å². The zero-order valence-electron chi connectivity index (χ0n) is 11.0. The summed E-state index contributed by atoms with van der Waals surface area (Å²) in [6.07, 6.45) is 6.08. The van der Waals surface area contributed by atoms with Crippen molar-refractivity contribution in [3.05, 3.63) is 53.9 Å². The van der Waals surface area contributed by atoms with E-state index in [1.54, 1.807) is 0 Å². The molecule has 2 rings (SSSR count). The average Bonchev–Trinajstić information content (AvgIpc) is 2.93. The Bertz CT molecular complexity index is 422. The number of nitrogens with zero attached hydrogens (tertiary/aromatic N) is 2. The van der Waals surface area contributed by atoms with Gasteiger partial charge in [-0.15, -0.1) is 0 Å². The van der Waals surface area contributed by atoms with Gasteiger partial charge in [0.2, 0.25) is 0 Å². The van der Waals surface area contributed by atoms with Crippen molar-refractivity contribution in [1.82, 2.24) is 15.1 Å². The van der Waals surface area contributed by atoms with Crippen molar-refractivity contribution in [3.63, 3.8) is 0 Å². The average molecular weight is 243 g/mol. The molecule has 3 heteroatoms. The molecule has 0 aliphatic rings. The third kappa shape index (κ3) is 4.00. The van der Waals surface area contributed by atoms with Crippen LogP contribution in [0.25, 0.3) is 0 Å². The number of likely N-dealkylation sites (N-methyl/N-ethyl adjacent to an activating group) is 1. The molecule has 0 bridgehead atoms. The molecule has 0 saturated carbocycles. The molecular weight excluding hydrogens is 222 g/mol. The summed E-state index contributed by atoms with van der Waals surface area (Å²) in [6.45, 7) is 5.55. The van der Waals surface area contributed by atoms with Gasteiger partial charge in [-0.05, 0) is 30.5 Å². The molecule has 1 N–H and O–H groups in total. The van der Waals surface area contributed by atoms with Crippen molar-refractivity contribution in [2.75, 3.05) is 19.6 Å². The zero-order chi connectivity index (χ0) is 12.6. The lowest BCUT2D eigenvalue weighted by Gasteiger charge is -2.19. The number of aromatic amines is 1. The summed E-state index contributed by atoms with van der Waals surface area (Å²) in [7, 11) is 0. The van der Waals surface area contributed by atoms with Gasteiger partial charge < -0.3 is 4.90 Å². The second-order valence-electron chi connectivity index (χ2n) is 4.53. The summed E-state index contributed by atoms with van der Waals surface area (Å²) in [5.41, 5.74) is 2.70. The van der Waals surface area contributed by atoms with E-state index in [0.717, 1.165) is 32.5 Å². The Morgan fingerprint density at radius 1 is 1.06 bits per heavy atom. The highest BCUT2D eigenvalue weighted by Crippen LogP contribution is 2.03. The van der Waals surface area contributed by atoms with Crippen LogP contribution in [0.3, 0.4) is 0 Å². The van der Waals surface area contributed by atoms with Crippen LogP contribution < -0.4 is 0 Å². The van der Waals surface area contributed by atoms with Crippen LogP contribution in [0.1, 0.15) is 18.1 Å². The van der Waals surface area contributed by atoms with Crippen molar-refractivity contribution < 1.29 is 0 Å². The van der Waals surface area contributed by atoms with Gasteiger partial charge in [-0.3, -0.25) is 5.10 Å². The van der Waals surface area contributed by atoms with Gasteiger partial charge in [0, 0.05) is 19.3 Å². The fourth-order valence-corrected chi connectivity index (χ4v) is 2.06. The van der Waals surface area contributed by atoms with Crippen molar-refractivity contribution in [2.45, 2.75) is 19.8 Å². The monoisotopic (exact) mass is 243 g/mol. The number of hydrogen-bond acceptors (Lipinski definition) is 2. The Hall–Kier alpha value is -1.61. The topological polar surface area (TPSA) is 31.9 Å². The molecule has 0 saturated heterocycles. The highest BCUT2D eigenvalue weighted by Gasteiger charge is 2.03. The Morgan fingerprint density at radius 2 is 1.78 bits per heavy atom. The molecule has 0 aliphatic heterocycles. The van der Waals surface area contributed by atoms with Gasteiger partial charge in [-0.25, -0.2) is 0 Å². The van der Waals surface area contributed by atoms with E-state index in [0.29, 0.717) is 0 Å². The first kappa shape index (κ1) is 12.8. The molecule has 0 radical (unpaired) electrons. The highest BCUT2D eigenvalue weighted by atomic mass is 15.1. The molecule has 0 spiro atoms. The lowest BCUT2D eigenvalue weighted by molar-refractivity contribution is 0.295. The molecule has 0 atom stereocenters. The second kappa shape index (κ2) is 6.97. The third-order valence-electron chi connectivity index (χ3n) is 3.28. The van der Waals surface area contributed by atoms with Gasteiger partial charge in [0.05, 0.1) is 6.20 Å². The van der Waals surface area contributed by atoms with Crippen LogP contribution in [0.2, 0.25) is 0 Å². The minimum absolute atomic E-state index is 1.07. The van der Waals surface area contributed by atoms with Gasteiger partial charge in [-0.1, -0.05) is 37.3 Å². The van der Waals surface area contributed by atoms with Crippen LogP contribution in [-0.4, -0.2) is 34.7 Å². The molecule has 1 aromatic heterocycles. The normalized spacial score (nSPS) is 11.0. The van der Waals surface area contributed by atoms with Crippen molar-refractivity contribution in [1.29, 1.82) is 0 Å². The minimum atomic E-state index is 1.07. The maximum Gasteiger partial charge on any atom is 0.0519 e. The number of rotatable bonds is 7. The Labute approximate surface area is 109 Å². The fraction of sp³-hybridized carbons (Fsp3) is 0.400. The van der Waals surface area contributed by atoms with E-state index in [1.807, 2.05) is 12.4 Å². The summed E-state index contributed by atoms with van der Waals surface area (Å²) >= 11 is 0. The molecule has 1 heterocycles. The largest absolute Gasteiger partial charge is 0.303 e. The molecule has 18 heavy (non-hydrogen) atoms. The number of benzene rings is 1. The van der Waals surface area contributed by atoms with Gasteiger partial charge in [-0.2, -0.15) is 5.10 Å². The van der Waals surface area contributed by atoms with E-state index < -0.39 is 0 Å². The van der Waals surface area contributed by atoms with Crippen molar-refractivity contribution >= 4 is 0 Å². The smallest absolute Gasteiger partial charge is 0.0519 e. The van der Waals surface area contributed by atoms with Crippen LogP contribution in [0.15, 0.2) is 42.7 Å². The molecule has 3 nitrogen and oxygen atoms in total. The third-order valence-corrected chi connectivity index (χ3v) is 3.28. The van der Waals surface area contributed by atoms with Crippen LogP contribution in [0.4, 0.5) is 0 Å². The van der Waals surface area contributed by atoms with Gasteiger partial charge >= 0.3 is 0 Å². The minimum Gasteiger partial charge on any atom is -0.303 e. The standard InChI is InChI=1S/C15H21N3/c1-2-18(11-9-15-12-16-17-13-15)10-8-14-6-4-3-5-7-14/h3-7,12-13H,2,8-11H2,1H3,(H,16,17). The van der Waals surface area contributed by atoms with E-state index >= 15 is 0 Å². The molecule has 0 aliphatic carbocycles. The summed E-state index contributed by atoms with van der Waals surface area (Å²) in [6, 6.07) is 10.7. The SMILES string of the molecule is CCN(CCc1ccccc1)CCc1cn[nH]c1. The predicted octanol–water partition coefficient (Wildman–Crippen LogP) is 2.52. The first-order chi connectivity index (χ1) is 8.88. The summed E-state index contributed by atoms with van der Waals surface area (Å²) in [5, 5.41) is 6.84. The van der Waals surface area contributed by atoms with Gasteiger partial charge in [0.1, 0.15) is 0 Å². The molecule has 0 amide bonds. The predicted molar refractivity (Wildman–Crippen MR) is 74.6 cm³/mol. The van der Waals surface area contributed by atoms with Crippen molar-refractivity contribution in [3.8, 4) is 0 Å². The van der Waals surface area contributed by atoms with Crippen molar-refractivity contribution in [2.24, 2.45) is 0 Å². The maximum atomic E-state index is 3.98. The Kier molecular flexibility index (Phi) is 4.97.